The number of nitrogens with zero attached hydrogens (tertiary/aromatic N) is 2. The summed E-state index contributed by atoms with van der Waals surface area (Å²) in [6.45, 7) is 2.58. The summed E-state index contributed by atoms with van der Waals surface area (Å²) < 4.78 is 7.18. The van der Waals surface area contributed by atoms with Gasteiger partial charge in [0.2, 0.25) is 0 Å². The molecule has 0 bridgehead atoms. The Kier molecular flexibility index (Phi) is 6.28. The topological polar surface area (TPSA) is 85.2 Å². The van der Waals surface area contributed by atoms with Gasteiger partial charge in [0.05, 0.1) is 17.1 Å². The minimum absolute atomic E-state index is 0.113. The van der Waals surface area contributed by atoms with E-state index in [2.05, 4.69) is 31.7 Å². The molecule has 0 atom stereocenters. The molecule has 0 aromatic carbocycles. The number of fused-ring (bicyclic) bond motifs is 1. The summed E-state index contributed by atoms with van der Waals surface area (Å²) in [5, 5.41) is 10.5. The van der Waals surface area contributed by atoms with Crippen molar-refractivity contribution in [3.05, 3.63) is 32.4 Å². The third kappa shape index (κ3) is 4.22. The van der Waals surface area contributed by atoms with Crippen LogP contribution in [0.15, 0.2) is 10.7 Å². The summed E-state index contributed by atoms with van der Waals surface area (Å²) >= 11 is 10.1. The number of nitrogens with one attached hydrogen (secondary N) is 2. The maximum atomic E-state index is 12.4. The molecule has 1 aliphatic carbocycles. The SMILES string of the molecule is CCn1cc(Br)c(C(=O)NC(=S)Nc2sc3c(c2C(=O)OC)CCCC3)n1. The molecular formula is C17H19BrN4O3S2. The Labute approximate surface area is 174 Å². The highest BCUT2D eigenvalue weighted by molar-refractivity contribution is 9.10. The minimum Gasteiger partial charge on any atom is -0.465 e. The molecule has 3 rings (SSSR count). The second-order valence-electron chi connectivity index (χ2n) is 6.00. The quantitative estimate of drug-likeness (QED) is 0.525. The standard InChI is InChI=1S/C17H19BrN4O3S2/c1-3-22-8-10(18)13(21-22)14(23)19-17(26)20-15-12(16(24)25-2)9-6-4-5-7-11(9)27-15/h8H,3-7H2,1-2H3,(H2,19,20,23,26). The van der Waals surface area contributed by atoms with Gasteiger partial charge in [-0.2, -0.15) is 5.10 Å². The van der Waals surface area contributed by atoms with Gasteiger partial charge in [0.15, 0.2) is 10.8 Å². The molecule has 0 radical (unpaired) electrons. The number of methoxy groups -OCH3 is 1. The van der Waals surface area contributed by atoms with Crippen LogP contribution in [0.5, 0.6) is 0 Å². The van der Waals surface area contributed by atoms with Crippen molar-refractivity contribution in [3.8, 4) is 0 Å². The van der Waals surface area contributed by atoms with E-state index in [-0.39, 0.29) is 10.8 Å². The molecule has 7 nitrogen and oxygen atoms in total. The van der Waals surface area contributed by atoms with Gasteiger partial charge < -0.3 is 10.1 Å². The number of hydrogen-bond donors (Lipinski definition) is 2. The molecule has 2 aromatic heterocycles. The lowest BCUT2D eigenvalue weighted by Gasteiger charge is -2.12. The minimum atomic E-state index is -0.424. The van der Waals surface area contributed by atoms with Crippen LogP contribution < -0.4 is 10.6 Å². The number of rotatable bonds is 4. The lowest BCUT2D eigenvalue weighted by Crippen LogP contribution is -2.34. The van der Waals surface area contributed by atoms with E-state index in [4.69, 9.17) is 17.0 Å². The Balaban J connectivity index is 1.77. The highest BCUT2D eigenvalue weighted by Gasteiger charge is 2.27. The van der Waals surface area contributed by atoms with Crippen LogP contribution in [0.25, 0.3) is 0 Å². The van der Waals surface area contributed by atoms with Gasteiger partial charge in [-0.3, -0.25) is 14.8 Å². The van der Waals surface area contributed by atoms with Crippen molar-refractivity contribution in [1.82, 2.24) is 15.1 Å². The van der Waals surface area contributed by atoms with Crippen LogP contribution in [0.4, 0.5) is 5.00 Å². The van der Waals surface area contributed by atoms with Gasteiger partial charge in [-0.05, 0) is 66.3 Å². The van der Waals surface area contributed by atoms with Gasteiger partial charge in [0.25, 0.3) is 5.91 Å². The van der Waals surface area contributed by atoms with Gasteiger partial charge in [-0.15, -0.1) is 11.3 Å². The largest absolute Gasteiger partial charge is 0.465 e. The second-order valence-corrected chi connectivity index (χ2v) is 8.36. The number of ether oxygens (including phenoxy) is 1. The Morgan fingerprint density at radius 1 is 1.41 bits per heavy atom. The molecule has 0 fully saturated rings. The Bertz CT molecular complexity index is 906. The first kappa shape index (κ1) is 20.0. The molecule has 2 heterocycles. The van der Waals surface area contributed by atoms with Crippen LogP contribution in [-0.4, -0.2) is 33.9 Å². The van der Waals surface area contributed by atoms with Crippen LogP contribution in [0, 0.1) is 0 Å². The van der Waals surface area contributed by atoms with Crippen molar-refractivity contribution in [2.45, 2.75) is 39.2 Å². The van der Waals surface area contributed by atoms with Crippen molar-refractivity contribution in [2.24, 2.45) is 0 Å². The van der Waals surface area contributed by atoms with Crippen molar-refractivity contribution in [1.29, 1.82) is 0 Å². The fraction of sp³-hybridized carbons (Fsp3) is 0.412. The summed E-state index contributed by atoms with van der Waals surface area (Å²) in [4.78, 5) is 25.9. The van der Waals surface area contributed by atoms with Gasteiger partial charge >= 0.3 is 5.97 Å². The van der Waals surface area contributed by atoms with E-state index in [1.807, 2.05) is 6.92 Å². The van der Waals surface area contributed by atoms with E-state index in [1.165, 1.54) is 23.3 Å². The molecular weight excluding hydrogens is 452 g/mol. The number of amides is 1. The lowest BCUT2D eigenvalue weighted by atomic mass is 9.95. The average molecular weight is 471 g/mol. The highest BCUT2D eigenvalue weighted by atomic mass is 79.9. The van der Waals surface area contributed by atoms with E-state index in [0.717, 1.165) is 31.2 Å². The van der Waals surface area contributed by atoms with E-state index < -0.39 is 11.9 Å². The number of thiocarbonyl (C=S) groups is 1. The molecule has 144 valence electrons. The summed E-state index contributed by atoms with van der Waals surface area (Å²) in [7, 11) is 1.36. The zero-order chi connectivity index (χ0) is 19.6. The fourth-order valence-electron chi connectivity index (χ4n) is 2.98. The van der Waals surface area contributed by atoms with E-state index in [1.54, 1.807) is 10.9 Å². The molecule has 10 heteroatoms. The van der Waals surface area contributed by atoms with E-state index in [9.17, 15) is 9.59 Å². The summed E-state index contributed by atoms with van der Waals surface area (Å²) in [5.74, 6) is -0.817. The molecule has 1 amide bonds. The molecule has 0 saturated carbocycles. The molecule has 27 heavy (non-hydrogen) atoms. The number of aryl methyl sites for hydroxylation is 2. The number of aromatic nitrogens is 2. The normalized spacial score (nSPS) is 13.0. The average Bonchev–Trinajstić information content (AvgIpc) is 3.20. The maximum absolute atomic E-state index is 12.4. The Hall–Kier alpha value is -1.78. The van der Waals surface area contributed by atoms with Crippen molar-refractivity contribution >= 4 is 61.5 Å². The monoisotopic (exact) mass is 470 g/mol. The lowest BCUT2D eigenvalue weighted by molar-refractivity contribution is 0.0601. The number of thiophene rings is 1. The number of hydrogen-bond acceptors (Lipinski definition) is 6. The molecule has 0 saturated heterocycles. The van der Waals surface area contributed by atoms with Crippen LogP contribution >= 0.6 is 39.5 Å². The number of carbonyl (C=O) groups is 2. The fourth-order valence-corrected chi connectivity index (χ4v) is 5.02. The first-order chi connectivity index (χ1) is 12.9. The molecule has 2 N–H and O–H groups in total. The first-order valence-corrected chi connectivity index (χ1v) is 10.5. The van der Waals surface area contributed by atoms with Crippen LogP contribution in [0.2, 0.25) is 0 Å². The van der Waals surface area contributed by atoms with Crippen LogP contribution in [-0.2, 0) is 24.1 Å². The smallest absolute Gasteiger partial charge is 0.341 e. The van der Waals surface area contributed by atoms with Gasteiger partial charge in [0.1, 0.15) is 5.00 Å². The number of anilines is 1. The number of esters is 1. The van der Waals surface area contributed by atoms with Gasteiger partial charge in [-0.25, -0.2) is 4.79 Å². The van der Waals surface area contributed by atoms with Crippen molar-refractivity contribution < 1.29 is 14.3 Å². The summed E-state index contributed by atoms with van der Waals surface area (Å²) in [6, 6.07) is 0. The zero-order valence-corrected chi connectivity index (χ0v) is 18.1. The zero-order valence-electron chi connectivity index (χ0n) is 14.9. The molecule has 0 unspecified atom stereocenters. The molecule has 0 spiro atoms. The van der Waals surface area contributed by atoms with Crippen molar-refractivity contribution in [3.63, 3.8) is 0 Å². The van der Waals surface area contributed by atoms with Crippen LogP contribution in [0.1, 0.15) is 51.1 Å². The molecule has 0 aliphatic heterocycles. The predicted octanol–water partition coefficient (Wildman–Crippen LogP) is 3.52. The third-order valence-electron chi connectivity index (χ3n) is 4.27. The van der Waals surface area contributed by atoms with Gasteiger partial charge in [0, 0.05) is 17.6 Å². The second kappa shape index (κ2) is 8.49. The van der Waals surface area contributed by atoms with Crippen molar-refractivity contribution in [2.75, 3.05) is 12.4 Å². The van der Waals surface area contributed by atoms with E-state index in [0.29, 0.717) is 21.6 Å². The summed E-state index contributed by atoms with van der Waals surface area (Å²) in [6.07, 6.45) is 5.66. The maximum Gasteiger partial charge on any atom is 0.341 e. The molecule has 1 aliphatic rings. The van der Waals surface area contributed by atoms with Crippen LogP contribution in [0.3, 0.4) is 0 Å². The Morgan fingerprint density at radius 2 is 2.15 bits per heavy atom. The number of carbonyl (C=O) groups excluding carboxylic acids is 2. The highest BCUT2D eigenvalue weighted by Crippen LogP contribution is 2.38. The first-order valence-electron chi connectivity index (χ1n) is 8.52. The number of halogens is 1. The summed E-state index contributed by atoms with van der Waals surface area (Å²) in [5.41, 5.74) is 1.80. The van der Waals surface area contributed by atoms with Gasteiger partial charge in [-0.1, -0.05) is 0 Å². The molecule has 2 aromatic rings. The third-order valence-corrected chi connectivity index (χ3v) is 6.26. The Morgan fingerprint density at radius 3 is 2.81 bits per heavy atom. The predicted molar refractivity (Wildman–Crippen MR) is 112 cm³/mol. The van der Waals surface area contributed by atoms with E-state index >= 15 is 0 Å².